The van der Waals surface area contributed by atoms with Crippen LogP contribution in [0.3, 0.4) is 0 Å². The molecule has 0 amide bonds. The van der Waals surface area contributed by atoms with Crippen molar-refractivity contribution in [1.82, 2.24) is 14.5 Å². The quantitative estimate of drug-likeness (QED) is 0.627. The van der Waals surface area contributed by atoms with Crippen LogP contribution >= 0.6 is 11.6 Å². The maximum atomic E-state index is 11.6. The van der Waals surface area contributed by atoms with Gasteiger partial charge in [-0.1, -0.05) is 32.4 Å². The van der Waals surface area contributed by atoms with E-state index in [1.807, 2.05) is 0 Å². The first kappa shape index (κ1) is 19.3. The second kappa shape index (κ2) is 6.60. The number of hydrogen-bond acceptors (Lipinski definition) is 6. The second-order valence-electron chi connectivity index (χ2n) is 8.19. The van der Waals surface area contributed by atoms with Gasteiger partial charge in [0, 0.05) is 12.6 Å². The molecule has 0 aliphatic carbocycles. The SMILES string of the molecule is CC(C)(C)[Si](C)(C)OC1C[C@H](n2cc(Cl)c3c(N)ncnc32)OC1C=O. The van der Waals surface area contributed by atoms with Crippen LogP contribution < -0.4 is 5.73 Å². The van der Waals surface area contributed by atoms with E-state index in [-0.39, 0.29) is 11.1 Å². The lowest BCUT2D eigenvalue weighted by molar-refractivity contribution is -0.122. The Morgan fingerprint density at radius 1 is 1.42 bits per heavy atom. The third kappa shape index (κ3) is 3.26. The fraction of sp³-hybridized carbons (Fsp3) is 0.588. The van der Waals surface area contributed by atoms with E-state index in [4.69, 9.17) is 26.5 Å². The highest BCUT2D eigenvalue weighted by Gasteiger charge is 2.45. The minimum Gasteiger partial charge on any atom is -0.411 e. The topological polar surface area (TPSA) is 92.3 Å². The summed E-state index contributed by atoms with van der Waals surface area (Å²) < 4.78 is 14.2. The van der Waals surface area contributed by atoms with Crippen LogP contribution in [0.5, 0.6) is 0 Å². The highest BCUT2D eigenvalue weighted by atomic mass is 35.5. The van der Waals surface area contributed by atoms with Gasteiger partial charge < -0.3 is 24.3 Å². The van der Waals surface area contributed by atoms with Gasteiger partial charge in [0.15, 0.2) is 14.6 Å². The zero-order chi connectivity index (χ0) is 19.3. The van der Waals surface area contributed by atoms with Gasteiger partial charge in [0.05, 0.1) is 16.5 Å². The van der Waals surface area contributed by atoms with Crippen LogP contribution in [-0.4, -0.2) is 41.3 Å². The second-order valence-corrected chi connectivity index (χ2v) is 13.3. The van der Waals surface area contributed by atoms with Gasteiger partial charge in [-0.3, -0.25) is 0 Å². The molecule has 1 fully saturated rings. The van der Waals surface area contributed by atoms with Crippen LogP contribution in [0.1, 0.15) is 33.4 Å². The number of aldehydes is 1. The van der Waals surface area contributed by atoms with Crippen LogP contribution in [0, 0.1) is 0 Å². The summed E-state index contributed by atoms with van der Waals surface area (Å²) in [5, 5.41) is 1.09. The molecule has 1 saturated heterocycles. The van der Waals surface area contributed by atoms with Crippen molar-refractivity contribution in [3.63, 3.8) is 0 Å². The maximum absolute atomic E-state index is 11.6. The van der Waals surface area contributed by atoms with Crippen molar-refractivity contribution in [3.05, 3.63) is 17.5 Å². The van der Waals surface area contributed by atoms with Crippen molar-refractivity contribution < 1.29 is 14.0 Å². The fourth-order valence-corrected chi connectivity index (χ4v) is 4.54. The average molecular weight is 397 g/mol. The molecular formula is C17H25ClN4O3Si. The molecule has 0 bridgehead atoms. The average Bonchev–Trinajstić information content (AvgIpc) is 3.07. The molecule has 2 aromatic heterocycles. The minimum atomic E-state index is -2.04. The summed E-state index contributed by atoms with van der Waals surface area (Å²) in [5.74, 6) is 0.317. The zero-order valence-electron chi connectivity index (χ0n) is 15.7. The monoisotopic (exact) mass is 396 g/mol. The lowest BCUT2D eigenvalue weighted by Crippen LogP contribution is -2.46. The van der Waals surface area contributed by atoms with Gasteiger partial charge in [-0.25, -0.2) is 9.97 Å². The Labute approximate surface area is 159 Å². The molecule has 9 heteroatoms. The molecule has 0 spiro atoms. The summed E-state index contributed by atoms with van der Waals surface area (Å²) in [4.78, 5) is 19.8. The van der Waals surface area contributed by atoms with Crippen LogP contribution in [-0.2, 0) is 14.0 Å². The van der Waals surface area contributed by atoms with E-state index in [2.05, 4.69) is 43.8 Å². The van der Waals surface area contributed by atoms with Crippen molar-refractivity contribution in [1.29, 1.82) is 0 Å². The zero-order valence-corrected chi connectivity index (χ0v) is 17.4. The van der Waals surface area contributed by atoms with E-state index in [1.165, 1.54) is 6.33 Å². The number of rotatable bonds is 4. The van der Waals surface area contributed by atoms with E-state index < -0.39 is 20.6 Å². The Hall–Kier alpha value is -1.48. The van der Waals surface area contributed by atoms with Gasteiger partial charge in [-0.2, -0.15) is 0 Å². The van der Waals surface area contributed by atoms with Crippen molar-refractivity contribution >= 4 is 43.1 Å². The number of nitrogen functional groups attached to an aromatic ring is 1. The van der Waals surface area contributed by atoms with Crippen molar-refractivity contribution in [2.45, 2.75) is 63.8 Å². The molecule has 7 nitrogen and oxygen atoms in total. The number of nitrogens with two attached hydrogens (primary N) is 1. The highest BCUT2D eigenvalue weighted by molar-refractivity contribution is 6.74. The van der Waals surface area contributed by atoms with Gasteiger partial charge in [0.25, 0.3) is 0 Å². The molecule has 1 aliphatic heterocycles. The molecule has 2 unspecified atom stereocenters. The van der Waals surface area contributed by atoms with Crippen LogP contribution in [0.25, 0.3) is 11.0 Å². The maximum Gasteiger partial charge on any atom is 0.192 e. The predicted molar refractivity (Wildman–Crippen MR) is 104 cm³/mol. The molecule has 26 heavy (non-hydrogen) atoms. The largest absolute Gasteiger partial charge is 0.411 e. The molecule has 0 radical (unpaired) electrons. The number of carbonyl (C=O) groups excluding carboxylic acids is 1. The van der Waals surface area contributed by atoms with Gasteiger partial charge in [0.1, 0.15) is 30.1 Å². The Balaban J connectivity index is 1.91. The summed E-state index contributed by atoms with van der Waals surface area (Å²) in [5.41, 5.74) is 6.50. The smallest absolute Gasteiger partial charge is 0.192 e. The predicted octanol–water partition coefficient (Wildman–Crippen LogP) is 3.54. The summed E-state index contributed by atoms with van der Waals surface area (Å²) in [6, 6.07) is 0. The van der Waals surface area contributed by atoms with Crippen LogP contribution in [0.2, 0.25) is 23.2 Å². The molecule has 2 aromatic rings. The summed E-state index contributed by atoms with van der Waals surface area (Å²) in [6.45, 7) is 10.8. The molecular weight excluding hydrogens is 372 g/mol. The first-order chi connectivity index (χ1) is 12.0. The highest BCUT2D eigenvalue weighted by Crippen LogP contribution is 2.42. The molecule has 142 valence electrons. The molecule has 3 heterocycles. The normalized spacial score (nSPS) is 24.3. The third-order valence-corrected chi connectivity index (χ3v) is 10.2. The molecule has 0 saturated carbocycles. The molecule has 3 rings (SSSR count). The number of anilines is 1. The first-order valence-corrected chi connectivity index (χ1v) is 11.9. The van der Waals surface area contributed by atoms with Gasteiger partial charge in [0.2, 0.25) is 0 Å². The first-order valence-electron chi connectivity index (χ1n) is 8.60. The Kier molecular flexibility index (Phi) is 4.89. The third-order valence-electron chi connectivity index (χ3n) is 5.40. The number of halogens is 1. The summed E-state index contributed by atoms with van der Waals surface area (Å²) in [7, 11) is -2.04. The van der Waals surface area contributed by atoms with Gasteiger partial charge in [-0.15, -0.1) is 0 Å². The summed E-state index contributed by atoms with van der Waals surface area (Å²) in [6.07, 6.45) is 3.15. The van der Waals surface area contributed by atoms with Crippen molar-refractivity contribution in [2.24, 2.45) is 0 Å². The van der Waals surface area contributed by atoms with Gasteiger partial charge in [-0.05, 0) is 18.1 Å². The molecule has 1 aliphatic rings. The van der Waals surface area contributed by atoms with Gasteiger partial charge >= 0.3 is 0 Å². The molecule has 0 aromatic carbocycles. The lowest BCUT2D eigenvalue weighted by Gasteiger charge is -2.38. The fourth-order valence-electron chi connectivity index (χ4n) is 2.91. The van der Waals surface area contributed by atoms with E-state index in [0.717, 1.165) is 6.29 Å². The van der Waals surface area contributed by atoms with E-state index in [0.29, 0.717) is 28.3 Å². The molecule has 3 atom stereocenters. The van der Waals surface area contributed by atoms with Crippen LogP contribution in [0.15, 0.2) is 12.5 Å². The number of aromatic nitrogens is 3. The lowest BCUT2D eigenvalue weighted by atomic mass is 10.2. The number of nitrogens with zero attached hydrogens (tertiary/aromatic N) is 3. The summed E-state index contributed by atoms with van der Waals surface area (Å²) >= 11 is 6.30. The van der Waals surface area contributed by atoms with E-state index in [1.54, 1.807) is 10.8 Å². The Bertz CT molecular complexity index is 833. The number of fused-ring (bicyclic) bond motifs is 1. The van der Waals surface area contributed by atoms with Crippen LogP contribution in [0.4, 0.5) is 5.82 Å². The van der Waals surface area contributed by atoms with E-state index >= 15 is 0 Å². The molecule has 2 N–H and O–H groups in total. The van der Waals surface area contributed by atoms with E-state index in [9.17, 15) is 4.79 Å². The number of hydrogen-bond donors (Lipinski definition) is 1. The Morgan fingerprint density at radius 2 is 2.12 bits per heavy atom. The van der Waals surface area contributed by atoms with Crippen molar-refractivity contribution in [3.8, 4) is 0 Å². The van der Waals surface area contributed by atoms with Crippen molar-refractivity contribution in [2.75, 3.05) is 5.73 Å². The number of carbonyl (C=O) groups is 1. The number of ether oxygens (including phenoxy) is 1. The minimum absolute atomic E-state index is 0.0453. The standard InChI is InChI=1S/C17H25ClN4O3Si/c1-17(2,3)26(4,5)25-11-6-13(24-12(11)8-23)22-7-10(18)14-15(19)20-9-21-16(14)22/h7-9,11-13H,6H2,1-5H3,(H2,19,20,21)/t11?,12?,13-/m1/s1. The Morgan fingerprint density at radius 3 is 2.73 bits per heavy atom.